The number of amides is 1. The molecule has 1 saturated heterocycles. The summed E-state index contributed by atoms with van der Waals surface area (Å²) in [7, 11) is 0. The van der Waals surface area contributed by atoms with Crippen molar-refractivity contribution in [2.45, 2.75) is 26.2 Å². The Bertz CT molecular complexity index is 977. The van der Waals surface area contributed by atoms with Gasteiger partial charge in [-0.2, -0.15) is 0 Å². The fourth-order valence-electron chi connectivity index (χ4n) is 3.81. The smallest absolute Gasteiger partial charge is 0.222 e. The Labute approximate surface area is 163 Å². The number of carbonyl (C=O) groups excluding carboxylic acids is 1. The van der Waals surface area contributed by atoms with E-state index in [0.29, 0.717) is 44.2 Å². The highest BCUT2D eigenvalue weighted by atomic mass is 19.1. The van der Waals surface area contributed by atoms with E-state index in [0.717, 1.165) is 29.5 Å². The summed E-state index contributed by atoms with van der Waals surface area (Å²) >= 11 is 0. The monoisotopic (exact) mass is 381 g/mol. The summed E-state index contributed by atoms with van der Waals surface area (Å²) in [5.74, 6) is 0.611. The number of nitrogens with zero attached hydrogens (tertiary/aromatic N) is 3. The van der Waals surface area contributed by atoms with Crippen LogP contribution >= 0.6 is 0 Å². The number of rotatable bonds is 5. The van der Waals surface area contributed by atoms with Crippen LogP contribution in [0.1, 0.15) is 24.3 Å². The van der Waals surface area contributed by atoms with Gasteiger partial charge in [0.2, 0.25) is 5.91 Å². The van der Waals surface area contributed by atoms with Crippen molar-refractivity contribution < 1.29 is 13.6 Å². The summed E-state index contributed by atoms with van der Waals surface area (Å²) in [4.78, 5) is 20.8. The molecule has 0 aliphatic carbocycles. The molecule has 6 heteroatoms. The third-order valence-corrected chi connectivity index (χ3v) is 5.27. The third-order valence-electron chi connectivity index (χ3n) is 5.27. The van der Waals surface area contributed by atoms with E-state index in [1.54, 1.807) is 12.1 Å². The van der Waals surface area contributed by atoms with E-state index in [1.165, 1.54) is 6.07 Å². The van der Waals surface area contributed by atoms with Crippen molar-refractivity contribution in [2.24, 2.45) is 0 Å². The maximum Gasteiger partial charge on any atom is 0.222 e. The zero-order chi connectivity index (χ0) is 19.5. The number of benzene rings is 2. The number of piperazine rings is 1. The minimum Gasteiger partial charge on any atom is -0.441 e. The molecule has 1 amide bonds. The molecule has 0 N–H and O–H groups in total. The lowest BCUT2D eigenvalue weighted by molar-refractivity contribution is -0.131. The number of aromatic nitrogens is 1. The molecule has 3 aromatic rings. The van der Waals surface area contributed by atoms with E-state index in [4.69, 9.17) is 4.42 Å². The first-order valence-corrected chi connectivity index (χ1v) is 9.74. The molecular weight excluding hydrogens is 357 g/mol. The number of para-hydroxylation sites is 2. The highest BCUT2D eigenvalue weighted by Gasteiger charge is 2.22. The molecule has 0 radical (unpaired) electrons. The lowest BCUT2D eigenvalue weighted by Gasteiger charge is -2.36. The maximum atomic E-state index is 13.9. The Kier molecular flexibility index (Phi) is 5.28. The molecule has 0 bridgehead atoms. The molecule has 0 unspecified atom stereocenters. The number of aryl methyl sites for hydroxylation is 2. The van der Waals surface area contributed by atoms with Gasteiger partial charge in [0, 0.05) is 39.5 Å². The summed E-state index contributed by atoms with van der Waals surface area (Å²) in [6.07, 6.45) is 2.06. The maximum absolute atomic E-state index is 13.9. The van der Waals surface area contributed by atoms with Gasteiger partial charge in [-0.3, -0.25) is 4.79 Å². The molecule has 1 aliphatic heterocycles. The zero-order valence-electron chi connectivity index (χ0n) is 16.0. The number of hydrogen-bond acceptors (Lipinski definition) is 4. The average molecular weight is 381 g/mol. The van der Waals surface area contributed by atoms with E-state index in [1.807, 2.05) is 41.0 Å². The predicted molar refractivity (Wildman–Crippen MR) is 107 cm³/mol. The Morgan fingerprint density at radius 3 is 2.68 bits per heavy atom. The minimum absolute atomic E-state index is 0.161. The van der Waals surface area contributed by atoms with Crippen LogP contribution in [0.3, 0.4) is 0 Å². The summed E-state index contributed by atoms with van der Waals surface area (Å²) in [5, 5.41) is 0. The largest absolute Gasteiger partial charge is 0.441 e. The van der Waals surface area contributed by atoms with Crippen LogP contribution in [0.25, 0.3) is 11.1 Å². The normalized spacial score (nSPS) is 14.6. The van der Waals surface area contributed by atoms with Gasteiger partial charge in [-0.25, -0.2) is 9.37 Å². The molecule has 1 aliphatic rings. The van der Waals surface area contributed by atoms with Gasteiger partial charge in [0.1, 0.15) is 11.3 Å². The van der Waals surface area contributed by atoms with Crippen LogP contribution in [0.2, 0.25) is 0 Å². The molecule has 5 nitrogen and oxygen atoms in total. The van der Waals surface area contributed by atoms with Crippen LogP contribution in [-0.2, 0) is 11.2 Å². The van der Waals surface area contributed by atoms with Gasteiger partial charge in [0.15, 0.2) is 11.5 Å². The first-order chi connectivity index (χ1) is 13.6. The summed E-state index contributed by atoms with van der Waals surface area (Å²) in [5.41, 5.74) is 3.40. The number of halogens is 1. The number of fused-ring (bicyclic) bond motifs is 1. The number of anilines is 1. The van der Waals surface area contributed by atoms with E-state index >= 15 is 0 Å². The lowest BCUT2D eigenvalue weighted by Crippen LogP contribution is -2.49. The Hall–Kier alpha value is -2.89. The van der Waals surface area contributed by atoms with Crippen molar-refractivity contribution >= 4 is 22.7 Å². The molecule has 2 aromatic carbocycles. The first kappa shape index (κ1) is 18.5. The van der Waals surface area contributed by atoms with Crippen LogP contribution in [0.15, 0.2) is 46.9 Å². The molecular formula is C22H24FN3O2. The summed E-state index contributed by atoms with van der Waals surface area (Å²) in [6, 6.07) is 12.7. The van der Waals surface area contributed by atoms with E-state index in [-0.39, 0.29) is 11.7 Å². The molecule has 2 heterocycles. The second kappa shape index (κ2) is 8.00. The second-order valence-corrected chi connectivity index (χ2v) is 7.17. The molecule has 0 saturated carbocycles. The molecule has 1 aromatic heterocycles. The first-order valence-electron chi connectivity index (χ1n) is 9.74. The highest BCUT2D eigenvalue weighted by Crippen LogP contribution is 2.22. The highest BCUT2D eigenvalue weighted by molar-refractivity contribution is 5.78. The van der Waals surface area contributed by atoms with Crippen molar-refractivity contribution in [3.8, 4) is 0 Å². The standard InChI is InChI=1S/C22H24FN3O2/c1-16-24-19-9-4-6-17(22(19)28-16)7-5-11-21(27)26-14-12-25(13-15-26)20-10-3-2-8-18(20)23/h2-4,6,8-10H,5,7,11-15H2,1H3. The van der Waals surface area contributed by atoms with Crippen molar-refractivity contribution in [1.29, 1.82) is 0 Å². The molecule has 1 fully saturated rings. The van der Waals surface area contributed by atoms with Gasteiger partial charge in [0.25, 0.3) is 0 Å². The van der Waals surface area contributed by atoms with Gasteiger partial charge in [0.05, 0.1) is 5.69 Å². The van der Waals surface area contributed by atoms with Gasteiger partial charge < -0.3 is 14.2 Å². The van der Waals surface area contributed by atoms with Gasteiger partial charge in [-0.1, -0.05) is 24.3 Å². The quantitative estimate of drug-likeness (QED) is 0.672. The number of oxazole rings is 1. The van der Waals surface area contributed by atoms with Crippen molar-refractivity contribution in [2.75, 3.05) is 31.1 Å². The predicted octanol–water partition coefficient (Wildman–Crippen LogP) is 3.95. The van der Waals surface area contributed by atoms with Crippen LogP contribution in [0.4, 0.5) is 10.1 Å². The Balaban J connectivity index is 1.28. The van der Waals surface area contributed by atoms with Gasteiger partial charge >= 0.3 is 0 Å². The zero-order valence-corrected chi connectivity index (χ0v) is 16.0. The number of hydrogen-bond donors (Lipinski definition) is 0. The lowest BCUT2D eigenvalue weighted by atomic mass is 10.1. The van der Waals surface area contributed by atoms with Crippen molar-refractivity contribution in [1.82, 2.24) is 9.88 Å². The second-order valence-electron chi connectivity index (χ2n) is 7.17. The molecule has 0 spiro atoms. The van der Waals surface area contributed by atoms with Crippen LogP contribution in [0.5, 0.6) is 0 Å². The minimum atomic E-state index is -0.209. The Morgan fingerprint density at radius 1 is 1.11 bits per heavy atom. The molecule has 146 valence electrons. The van der Waals surface area contributed by atoms with Crippen LogP contribution in [-0.4, -0.2) is 42.0 Å². The van der Waals surface area contributed by atoms with Gasteiger partial charge in [-0.05, 0) is 36.6 Å². The fourth-order valence-corrected chi connectivity index (χ4v) is 3.81. The molecule has 28 heavy (non-hydrogen) atoms. The molecule has 0 atom stereocenters. The summed E-state index contributed by atoms with van der Waals surface area (Å²) in [6.45, 7) is 4.41. The van der Waals surface area contributed by atoms with E-state index in [9.17, 15) is 9.18 Å². The third kappa shape index (κ3) is 3.86. The number of carbonyl (C=O) groups is 1. The van der Waals surface area contributed by atoms with E-state index in [2.05, 4.69) is 4.98 Å². The topological polar surface area (TPSA) is 49.6 Å². The average Bonchev–Trinajstić information content (AvgIpc) is 3.09. The van der Waals surface area contributed by atoms with Gasteiger partial charge in [-0.15, -0.1) is 0 Å². The summed E-state index contributed by atoms with van der Waals surface area (Å²) < 4.78 is 19.6. The van der Waals surface area contributed by atoms with Crippen molar-refractivity contribution in [3.63, 3.8) is 0 Å². The van der Waals surface area contributed by atoms with Crippen LogP contribution < -0.4 is 4.90 Å². The molecule has 4 rings (SSSR count). The van der Waals surface area contributed by atoms with Crippen molar-refractivity contribution in [3.05, 3.63) is 59.7 Å². The van der Waals surface area contributed by atoms with Crippen LogP contribution in [0, 0.1) is 12.7 Å². The van der Waals surface area contributed by atoms with E-state index < -0.39 is 0 Å². The Morgan fingerprint density at radius 2 is 1.89 bits per heavy atom. The SMILES string of the molecule is Cc1nc2cccc(CCCC(=O)N3CCN(c4ccccc4F)CC3)c2o1. The fraction of sp³-hybridized carbons (Fsp3) is 0.364.